The van der Waals surface area contributed by atoms with Crippen LogP contribution >= 0.6 is 11.8 Å². The van der Waals surface area contributed by atoms with Gasteiger partial charge in [0.05, 0.1) is 11.9 Å². The first-order chi connectivity index (χ1) is 9.61. The summed E-state index contributed by atoms with van der Waals surface area (Å²) in [5, 5.41) is 18.9. The molecule has 0 bridgehead atoms. The Morgan fingerprint density at radius 2 is 2.30 bits per heavy atom. The van der Waals surface area contributed by atoms with Crippen LogP contribution in [0, 0.1) is 0 Å². The Morgan fingerprint density at radius 3 is 3.00 bits per heavy atom. The lowest BCUT2D eigenvalue weighted by atomic mass is 10.4. The molecule has 0 aliphatic heterocycles. The van der Waals surface area contributed by atoms with Crippen LogP contribution in [0.25, 0.3) is 0 Å². The molecule has 0 aliphatic rings. The number of hydrogen-bond donors (Lipinski definition) is 1. The van der Waals surface area contributed by atoms with Crippen molar-refractivity contribution in [1.29, 1.82) is 0 Å². The minimum atomic E-state index is -0.108. The molecule has 0 saturated heterocycles. The molecule has 2 heterocycles. The van der Waals surface area contributed by atoms with Gasteiger partial charge in [-0.1, -0.05) is 11.8 Å². The minimum absolute atomic E-state index is 0.108. The van der Waals surface area contributed by atoms with E-state index in [1.54, 1.807) is 21.6 Å². The van der Waals surface area contributed by atoms with Crippen LogP contribution in [0.3, 0.4) is 0 Å². The van der Waals surface area contributed by atoms with Gasteiger partial charge in [-0.3, -0.25) is 4.79 Å². The lowest BCUT2D eigenvalue weighted by Gasteiger charge is -2.11. The van der Waals surface area contributed by atoms with Gasteiger partial charge >= 0.3 is 0 Å². The van der Waals surface area contributed by atoms with Crippen LogP contribution in [0.15, 0.2) is 17.4 Å². The number of hydrogen-bond acceptors (Lipinski definition) is 6. The zero-order valence-corrected chi connectivity index (χ0v) is 12.5. The zero-order chi connectivity index (χ0) is 14.5. The Labute approximate surface area is 120 Å². The molecule has 2 aromatic heterocycles. The molecule has 0 saturated carbocycles. The smallest absolute Gasteiger partial charge is 0.235 e. The number of rotatable bonds is 6. The molecule has 0 aromatic carbocycles. The molecule has 0 unspecified atom stereocenters. The summed E-state index contributed by atoms with van der Waals surface area (Å²) in [5.74, 6) is 0.840. The zero-order valence-electron chi connectivity index (χ0n) is 11.6. The van der Waals surface area contributed by atoms with Crippen molar-refractivity contribution in [2.75, 3.05) is 11.1 Å². The second kappa shape index (κ2) is 6.51. The van der Waals surface area contributed by atoms with Crippen molar-refractivity contribution in [2.24, 2.45) is 0 Å². The first kappa shape index (κ1) is 14.5. The maximum Gasteiger partial charge on any atom is 0.235 e. The van der Waals surface area contributed by atoms with Crippen LogP contribution in [-0.2, 0) is 11.3 Å². The number of aromatic nitrogens is 6. The predicted octanol–water partition coefficient (Wildman–Crippen LogP) is 1.20. The van der Waals surface area contributed by atoms with Gasteiger partial charge in [-0.15, -0.1) is 5.10 Å². The summed E-state index contributed by atoms with van der Waals surface area (Å²) in [6.07, 6.45) is 1.67. The summed E-state index contributed by atoms with van der Waals surface area (Å²) in [6, 6.07) is 1.97. The molecule has 0 spiro atoms. The van der Waals surface area contributed by atoms with E-state index < -0.39 is 0 Å². The topological polar surface area (TPSA) is 90.5 Å². The minimum Gasteiger partial charge on any atom is -0.310 e. The molecule has 0 fully saturated rings. The Bertz CT molecular complexity index is 577. The van der Waals surface area contributed by atoms with Gasteiger partial charge in [0.25, 0.3) is 0 Å². The van der Waals surface area contributed by atoms with Gasteiger partial charge < -0.3 is 5.32 Å². The van der Waals surface area contributed by atoms with Gasteiger partial charge in [-0.05, 0) is 31.2 Å². The van der Waals surface area contributed by atoms with Crippen LogP contribution in [-0.4, -0.2) is 41.6 Å². The molecule has 108 valence electrons. The number of carbonyl (C=O) groups is 1. The molecule has 8 nitrogen and oxygen atoms in total. The highest BCUT2D eigenvalue weighted by molar-refractivity contribution is 7.99. The van der Waals surface area contributed by atoms with E-state index in [0.717, 1.165) is 0 Å². The Hall–Kier alpha value is -1.90. The summed E-state index contributed by atoms with van der Waals surface area (Å²) < 4.78 is 3.41. The molecule has 0 aliphatic carbocycles. The molecule has 2 rings (SSSR count). The van der Waals surface area contributed by atoms with Crippen molar-refractivity contribution in [2.45, 2.75) is 38.5 Å². The van der Waals surface area contributed by atoms with Crippen LogP contribution in [0.4, 0.5) is 5.82 Å². The molecule has 20 heavy (non-hydrogen) atoms. The highest BCUT2D eigenvalue weighted by atomic mass is 32.2. The fourth-order valence-electron chi connectivity index (χ4n) is 1.63. The second-order valence-corrected chi connectivity index (χ2v) is 5.31. The number of aryl methyl sites for hydroxylation is 1. The quantitative estimate of drug-likeness (QED) is 0.805. The van der Waals surface area contributed by atoms with Crippen molar-refractivity contribution in [3.8, 4) is 0 Å². The first-order valence-corrected chi connectivity index (χ1v) is 7.32. The maximum atomic E-state index is 11.9. The van der Waals surface area contributed by atoms with E-state index in [4.69, 9.17) is 0 Å². The number of nitrogens with zero attached hydrogens (tertiary/aromatic N) is 6. The summed E-state index contributed by atoms with van der Waals surface area (Å²) in [7, 11) is 0. The molecule has 2 aromatic rings. The highest BCUT2D eigenvalue weighted by Crippen LogP contribution is 2.16. The van der Waals surface area contributed by atoms with Gasteiger partial charge in [0.2, 0.25) is 11.1 Å². The number of thioether (sulfide) groups is 1. The largest absolute Gasteiger partial charge is 0.310 e. The third-order valence-electron chi connectivity index (χ3n) is 2.56. The van der Waals surface area contributed by atoms with Crippen LogP contribution in [0.1, 0.15) is 26.8 Å². The molecule has 1 amide bonds. The standard InChI is InChI=1S/C11H17N7OS/c1-4-17-11(14-15-16-17)20-7-10(19)13-9-5-6-12-18(9)8(2)3/h5-6,8H,4,7H2,1-3H3,(H,13,19). The van der Waals surface area contributed by atoms with Crippen LogP contribution in [0.2, 0.25) is 0 Å². The first-order valence-electron chi connectivity index (χ1n) is 6.34. The van der Waals surface area contributed by atoms with Crippen molar-refractivity contribution < 1.29 is 4.79 Å². The summed E-state index contributed by atoms with van der Waals surface area (Å²) >= 11 is 1.31. The van der Waals surface area contributed by atoms with Crippen molar-refractivity contribution in [3.63, 3.8) is 0 Å². The number of amides is 1. The fraction of sp³-hybridized carbons (Fsp3) is 0.545. The van der Waals surface area contributed by atoms with Crippen LogP contribution < -0.4 is 5.32 Å². The van der Waals surface area contributed by atoms with E-state index in [0.29, 0.717) is 17.5 Å². The lowest BCUT2D eigenvalue weighted by Crippen LogP contribution is -2.18. The van der Waals surface area contributed by atoms with E-state index in [2.05, 4.69) is 25.9 Å². The average Bonchev–Trinajstić information content (AvgIpc) is 3.04. The van der Waals surface area contributed by atoms with E-state index in [1.165, 1.54) is 11.8 Å². The monoisotopic (exact) mass is 295 g/mol. The van der Waals surface area contributed by atoms with Gasteiger partial charge in [-0.2, -0.15) is 5.10 Å². The second-order valence-electron chi connectivity index (χ2n) is 4.37. The summed E-state index contributed by atoms with van der Waals surface area (Å²) in [6.45, 7) is 6.64. The Balaban J connectivity index is 1.91. The Kier molecular flexibility index (Phi) is 4.72. The normalized spacial score (nSPS) is 11.0. The SMILES string of the molecule is CCn1nnnc1SCC(=O)Nc1ccnn1C(C)C. The average molecular weight is 295 g/mol. The van der Waals surface area contributed by atoms with Gasteiger partial charge in [0, 0.05) is 18.7 Å². The fourth-order valence-corrected chi connectivity index (χ4v) is 2.37. The van der Waals surface area contributed by atoms with E-state index in [9.17, 15) is 4.79 Å². The van der Waals surface area contributed by atoms with E-state index in [1.807, 2.05) is 20.8 Å². The van der Waals surface area contributed by atoms with Crippen LogP contribution in [0.5, 0.6) is 0 Å². The number of carbonyl (C=O) groups excluding carboxylic acids is 1. The van der Waals surface area contributed by atoms with Gasteiger partial charge in [0.1, 0.15) is 5.82 Å². The third kappa shape index (κ3) is 3.35. The van der Waals surface area contributed by atoms with Crippen molar-refractivity contribution in [3.05, 3.63) is 12.3 Å². The molecule has 0 radical (unpaired) electrons. The van der Waals surface area contributed by atoms with Crippen molar-refractivity contribution >= 4 is 23.5 Å². The lowest BCUT2D eigenvalue weighted by molar-refractivity contribution is -0.113. The van der Waals surface area contributed by atoms with E-state index in [-0.39, 0.29) is 17.7 Å². The molecular formula is C11H17N7OS. The maximum absolute atomic E-state index is 11.9. The summed E-state index contributed by atoms with van der Waals surface area (Å²) in [4.78, 5) is 11.9. The van der Waals surface area contributed by atoms with Gasteiger partial charge in [-0.25, -0.2) is 9.36 Å². The number of nitrogens with one attached hydrogen (secondary N) is 1. The molecule has 1 N–H and O–H groups in total. The van der Waals surface area contributed by atoms with Crippen molar-refractivity contribution in [1.82, 2.24) is 30.0 Å². The third-order valence-corrected chi connectivity index (χ3v) is 3.51. The molecule has 9 heteroatoms. The molecule has 0 atom stereocenters. The van der Waals surface area contributed by atoms with Gasteiger partial charge in [0.15, 0.2) is 0 Å². The summed E-state index contributed by atoms with van der Waals surface area (Å²) in [5.41, 5.74) is 0. The number of tetrazole rings is 1. The highest BCUT2D eigenvalue weighted by Gasteiger charge is 2.12. The number of anilines is 1. The Morgan fingerprint density at radius 1 is 1.50 bits per heavy atom. The van der Waals surface area contributed by atoms with E-state index >= 15 is 0 Å². The molecular weight excluding hydrogens is 278 g/mol. The predicted molar refractivity (Wildman–Crippen MR) is 75.5 cm³/mol.